The van der Waals surface area contributed by atoms with Crippen LogP contribution in [0.2, 0.25) is 0 Å². The van der Waals surface area contributed by atoms with E-state index in [9.17, 15) is 9.18 Å². The number of halogens is 1. The number of carbonyl (C=O) groups is 1. The highest BCUT2D eigenvalue weighted by atomic mass is 19.1. The summed E-state index contributed by atoms with van der Waals surface area (Å²) < 4.78 is 18.2. The number of β-lactam (4-membered cyclic amide) rings is 1. The van der Waals surface area contributed by atoms with Crippen molar-refractivity contribution in [3.63, 3.8) is 0 Å². The fourth-order valence-corrected chi connectivity index (χ4v) is 1.89. The van der Waals surface area contributed by atoms with Gasteiger partial charge in [0.25, 0.3) is 0 Å². The molecule has 2 rings (SSSR count). The predicted octanol–water partition coefficient (Wildman–Crippen LogP) is 2.16. The van der Waals surface area contributed by atoms with Crippen LogP contribution in [-0.2, 0) is 4.79 Å². The Hall–Kier alpha value is -1.58. The zero-order valence-corrected chi connectivity index (χ0v) is 9.31. The lowest BCUT2D eigenvalue weighted by molar-refractivity contribution is -0.125. The normalized spacial score (nSPS) is 21.6. The topological polar surface area (TPSA) is 29.5 Å². The van der Waals surface area contributed by atoms with Gasteiger partial charge in [0.1, 0.15) is 11.9 Å². The molecule has 3 nitrogen and oxygen atoms in total. The third-order valence-electron chi connectivity index (χ3n) is 2.86. The molecule has 1 aromatic carbocycles. The molecule has 1 fully saturated rings. The molecule has 0 aromatic heterocycles. The Balaban J connectivity index is 2.19. The maximum atomic E-state index is 13.2. The molecule has 16 heavy (non-hydrogen) atoms. The lowest BCUT2D eigenvalue weighted by atomic mass is 9.97. The molecule has 0 radical (unpaired) electrons. The highest BCUT2D eigenvalue weighted by molar-refractivity contribution is 6.01. The molecule has 2 atom stereocenters. The molecule has 0 spiro atoms. The van der Waals surface area contributed by atoms with Gasteiger partial charge in [0, 0.05) is 5.69 Å². The summed E-state index contributed by atoms with van der Waals surface area (Å²) in [6.07, 6.45) is -0.705. The van der Waals surface area contributed by atoms with Crippen molar-refractivity contribution in [2.75, 3.05) is 12.0 Å². The van der Waals surface area contributed by atoms with E-state index in [1.54, 1.807) is 31.4 Å². The Labute approximate surface area is 93.8 Å². The highest BCUT2D eigenvalue weighted by Gasteiger charge is 2.40. The fraction of sp³-hybridized carbons (Fsp3) is 0.417. The maximum Gasteiger partial charge on any atom is 0.229 e. The summed E-state index contributed by atoms with van der Waals surface area (Å²) in [5.41, 5.74) is 0.728. The largest absolute Gasteiger partial charge is 0.497 e. The second-order valence-corrected chi connectivity index (χ2v) is 3.91. The Kier molecular flexibility index (Phi) is 2.81. The standard InChI is InChI=1S/C12H14FNO2/c1-8(13)11-7-12(15)14(11)9-3-5-10(16-2)6-4-9/h3-6,8,11H,7H2,1-2H3/t8-,11+/m0/s1. The predicted molar refractivity (Wildman–Crippen MR) is 59.5 cm³/mol. The zero-order chi connectivity index (χ0) is 11.7. The molecule has 1 heterocycles. The van der Waals surface area contributed by atoms with E-state index in [1.807, 2.05) is 0 Å². The van der Waals surface area contributed by atoms with E-state index < -0.39 is 6.17 Å². The Morgan fingerprint density at radius 1 is 1.44 bits per heavy atom. The van der Waals surface area contributed by atoms with Crippen LogP contribution in [0.15, 0.2) is 24.3 Å². The molecule has 0 saturated carbocycles. The van der Waals surface area contributed by atoms with Crippen LogP contribution in [0.3, 0.4) is 0 Å². The van der Waals surface area contributed by atoms with Crippen LogP contribution in [0, 0.1) is 0 Å². The maximum absolute atomic E-state index is 13.2. The van der Waals surface area contributed by atoms with Crippen LogP contribution in [0.5, 0.6) is 5.75 Å². The van der Waals surface area contributed by atoms with Gasteiger partial charge in [-0.05, 0) is 31.2 Å². The second-order valence-electron chi connectivity index (χ2n) is 3.91. The molecule has 0 aliphatic carbocycles. The number of benzene rings is 1. The monoisotopic (exact) mass is 223 g/mol. The zero-order valence-electron chi connectivity index (χ0n) is 9.31. The van der Waals surface area contributed by atoms with Crippen LogP contribution >= 0.6 is 0 Å². The lowest BCUT2D eigenvalue weighted by Crippen LogP contribution is -2.56. The number of anilines is 1. The molecular formula is C12H14FNO2. The molecular weight excluding hydrogens is 209 g/mol. The van der Waals surface area contributed by atoms with Crippen LogP contribution in [0.4, 0.5) is 10.1 Å². The van der Waals surface area contributed by atoms with E-state index in [0.29, 0.717) is 6.42 Å². The third kappa shape index (κ3) is 1.75. The average Bonchev–Trinajstić information content (AvgIpc) is 2.26. The quantitative estimate of drug-likeness (QED) is 0.735. The van der Waals surface area contributed by atoms with Crippen LogP contribution < -0.4 is 9.64 Å². The van der Waals surface area contributed by atoms with Crippen molar-refractivity contribution < 1.29 is 13.9 Å². The van der Waals surface area contributed by atoms with E-state index in [-0.39, 0.29) is 11.9 Å². The van der Waals surface area contributed by atoms with Gasteiger partial charge in [-0.2, -0.15) is 0 Å². The molecule has 4 heteroatoms. The number of ether oxygens (including phenoxy) is 1. The summed E-state index contributed by atoms with van der Waals surface area (Å²) in [4.78, 5) is 12.9. The van der Waals surface area contributed by atoms with Gasteiger partial charge in [0.15, 0.2) is 0 Å². The van der Waals surface area contributed by atoms with E-state index in [2.05, 4.69) is 0 Å². The minimum Gasteiger partial charge on any atom is -0.497 e. The molecule has 1 aromatic rings. The number of carbonyl (C=O) groups excluding carboxylic acids is 1. The smallest absolute Gasteiger partial charge is 0.229 e. The molecule has 1 saturated heterocycles. The van der Waals surface area contributed by atoms with E-state index >= 15 is 0 Å². The summed E-state index contributed by atoms with van der Waals surface area (Å²) in [5, 5.41) is 0. The van der Waals surface area contributed by atoms with Gasteiger partial charge in [-0.25, -0.2) is 4.39 Å². The average molecular weight is 223 g/mol. The van der Waals surface area contributed by atoms with Gasteiger partial charge in [-0.3, -0.25) is 4.79 Å². The SMILES string of the molecule is COc1ccc(N2C(=O)C[C@@H]2[C@H](C)F)cc1. The molecule has 0 unspecified atom stereocenters. The van der Waals surface area contributed by atoms with Crippen molar-refractivity contribution >= 4 is 11.6 Å². The summed E-state index contributed by atoms with van der Waals surface area (Å²) >= 11 is 0. The first-order chi connectivity index (χ1) is 7.63. The van der Waals surface area contributed by atoms with Gasteiger partial charge in [-0.15, -0.1) is 0 Å². The van der Waals surface area contributed by atoms with Crippen molar-refractivity contribution in [2.24, 2.45) is 0 Å². The van der Waals surface area contributed by atoms with Crippen LogP contribution in [0.1, 0.15) is 13.3 Å². The van der Waals surface area contributed by atoms with Gasteiger partial charge in [-0.1, -0.05) is 0 Å². The number of hydrogen-bond donors (Lipinski definition) is 0. The Morgan fingerprint density at radius 3 is 2.50 bits per heavy atom. The minimum absolute atomic E-state index is 0.0281. The van der Waals surface area contributed by atoms with Gasteiger partial charge in [0.05, 0.1) is 19.6 Å². The fourth-order valence-electron chi connectivity index (χ4n) is 1.89. The molecule has 1 amide bonds. The van der Waals surface area contributed by atoms with Gasteiger partial charge in [0.2, 0.25) is 5.91 Å². The molecule has 1 aliphatic rings. The molecule has 0 bridgehead atoms. The molecule has 86 valence electrons. The van der Waals surface area contributed by atoms with Gasteiger partial charge < -0.3 is 9.64 Å². The Bertz CT molecular complexity index is 389. The van der Waals surface area contributed by atoms with Crippen molar-refractivity contribution in [3.05, 3.63) is 24.3 Å². The first kappa shape index (κ1) is 10.9. The number of nitrogens with zero attached hydrogens (tertiary/aromatic N) is 1. The number of amides is 1. The van der Waals surface area contributed by atoms with Crippen molar-refractivity contribution in [1.82, 2.24) is 0 Å². The van der Waals surface area contributed by atoms with E-state index in [4.69, 9.17) is 4.74 Å². The Morgan fingerprint density at radius 2 is 2.06 bits per heavy atom. The molecule has 0 N–H and O–H groups in total. The number of methoxy groups -OCH3 is 1. The van der Waals surface area contributed by atoms with Gasteiger partial charge >= 0.3 is 0 Å². The number of alkyl halides is 1. The second kappa shape index (κ2) is 4.12. The lowest BCUT2D eigenvalue weighted by Gasteiger charge is -2.41. The van der Waals surface area contributed by atoms with Crippen molar-refractivity contribution in [2.45, 2.75) is 25.6 Å². The molecule has 1 aliphatic heterocycles. The number of rotatable bonds is 3. The van der Waals surface area contributed by atoms with E-state index in [1.165, 1.54) is 11.8 Å². The third-order valence-corrected chi connectivity index (χ3v) is 2.86. The van der Waals surface area contributed by atoms with Crippen molar-refractivity contribution in [3.8, 4) is 5.75 Å². The number of hydrogen-bond acceptors (Lipinski definition) is 2. The van der Waals surface area contributed by atoms with Crippen LogP contribution in [-0.4, -0.2) is 25.2 Å². The summed E-state index contributed by atoms with van der Waals surface area (Å²) in [6, 6.07) is 6.75. The summed E-state index contributed by atoms with van der Waals surface area (Å²) in [5.74, 6) is 0.696. The van der Waals surface area contributed by atoms with E-state index in [0.717, 1.165) is 11.4 Å². The highest BCUT2D eigenvalue weighted by Crippen LogP contribution is 2.31. The minimum atomic E-state index is -1.00. The summed E-state index contributed by atoms with van der Waals surface area (Å²) in [6.45, 7) is 1.48. The van der Waals surface area contributed by atoms with Crippen LogP contribution in [0.25, 0.3) is 0 Å². The summed E-state index contributed by atoms with van der Waals surface area (Å²) in [7, 11) is 1.58. The first-order valence-electron chi connectivity index (χ1n) is 5.23. The van der Waals surface area contributed by atoms with Crippen molar-refractivity contribution in [1.29, 1.82) is 0 Å². The first-order valence-corrected chi connectivity index (χ1v) is 5.23.